The zero-order chi connectivity index (χ0) is 31.7. The van der Waals surface area contributed by atoms with Gasteiger partial charge in [-0.15, -0.1) is 0 Å². The first-order chi connectivity index (χ1) is 20.4. The number of ether oxygens (including phenoxy) is 2. The molecule has 0 bridgehead atoms. The lowest BCUT2D eigenvalue weighted by Gasteiger charge is -2.33. The fraction of sp³-hybridized carbons (Fsp3) is 0.375. The number of nitrogens with zero attached hydrogens (tertiary/aromatic N) is 2. The highest BCUT2D eigenvalue weighted by Gasteiger charge is 2.34. The molecule has 3 aromatic rings. The number of anilines is 1. The van der Waals surface area contributed by atoms with Crippen molar-refractivity contribution < 1.29 is 27.5 Å². The molecular formula is C32H40BrN3O6S. The van der Waals surface area contributed by atoms with Crippen molar-refractivity contribution in [2.75, 3.05) is 31.6 Å². The van der Waals surface area contributed by atoms with E-state index >= 15 is 0 Å². The van der Waals surface area contributed by atoms with E-state index in [1.54, 1.807) is 49.6 Å². The second-order valence-electron chi connectivity index (χ2n) is 10.6. The second kappa shape index (κ2) is 15.2. The lowest BCUT2D eigenvalue weighted by atomic mass is 10.1. The van der Waals surface area contributed by atoms with E-state index in [1.165, 1.54) is 24.1 Å². The van der Waals surface area contributed by atoms with Gasteiger partial charge in [0.1, 0.15) is 24.1 Å². The van der Waals surface area contributed by atoms with Crippen molar-refractivity contribution in [3.8, 4) is 11.5 Å². The number of nitrogens with one attached hydrogen (secondary N) is 1. The van der Waals surface area contributed by atoms with Gasteiger partial charge in [-0.1, -0.05) is 50.6 Å². The van der Waals surface area contributed by atoms with Crippen LogP contribution < -0.4 is 19.1 Å². The molecule has 1 unspecified atom stereocenters. The molecule has 43 heavy (non-hydrogen) atoms. The van der Waals surface area contributed by atoms with E-state index in [0.717, 1.165) is 15.4 Å². The Morgan fingerprint density at radius 2 is 1.60 bits per heavy atom. The maximum atomic E-state index is 14.2. The number of halogens is 1. The number of methoxy groups -OCH3 is 2. The lowest BCUT2D eigenvalue weighted by molar-refractivity contribution is -0.140. The van der Waals surface area contributed by atoms with Crippen molar-refractivity contribution in [1.82, 2.24) is 10.2 Å². The third-order valence-electron chi connectivity index (χ3n) is 6.89. The molecule has 0 saturated heterocycles. The Morgan fingerprint density at radius 1 is 0.953 bits per heavy atom. The van der Waals surface area contributed by atoms with Crippen LogP contribution in [0.25, 0.3) is 0 Å². The maximum Gasteiger partial charge on any atom is 0.264 e. The molecule has 0 saturated carbocycles. The number of sulfonamides is 1. The third kappa shape index (κ3) is 8.73. The molecule has 0 aliphatic rings. The van der Waals surface area contributed by atoms with Crippen LogP contribution in [0.15, 0.2) is 76.1 Å². The predicted octanol–water partition coefficient (Wildman–Crippen LogP) is 5.55. The van der Waals surface area contributed by atoms with Gasteiger partial charge in [0.05, 0.1) is 29.3 Å². The van der Waals surface area contributed by atoms with E-state index in [1.807, 2.05) is 39.8 Å². The van der Waals surface area contributed by atoms with Gasteiger partial charge in [-0.2, -0.15) is 0 Å². The molecule has 9 nitrogen and oxygen atoms in total. The summed E-state index contributed by atoms with van der Waals surface area (Å²) in [5, 5.41) is 2.94. The van der Waals surface area contributed by atoms with E-state index in [9.17, 15) is 18.0 Å². The van der Waals surface area contributed by atoms with Crippen LogP contribution >= 0.6 is 15.9 Å². The van der Waals surface area contributed by atoms with Crippen molar-refractivity contribution in [3.63, 3.8) is 0 Å². The Kier molecular flexibility index (Phi) is 12.0. The summed E-state index contributed by atoms with van der Waals surface area (Å²) in [7, 11) is -1.16. The van der Waals surface area contributed by atoms with Crippen LogP contribution in [-0.2, 0) is 26.2 Å². The van der Waals surface area contributed by atoms with Gasteiger partial charge in [-0.25, -0.2) is 8.42 Å². The highest BCUT2D eigenvalue weighted by molar-refractivity contribution is 9.10. The minimum absolute atomic E-state index is 0.0167. The average Bonchev–Trinajstić information content (AvgIpc) is 2.99. The van der Waals surface area contributed by atoms with Crippen LogP contribution in [0.2, 0.25) is 0 Å². The van der Waals surface area contributed by atoms with E-state index in [4.69, 9.17) is 9.47 Å². The molecule has 0 heterocycles. The summed E-state index contributed by atoms with van der Waals surface area (Å²) in [6, 6.07) is 17.7. The van der Waals surface area contributed by atoms with Gasteiger partial charge in [0.2, 0.25) is 11.8 Å². The van der Waals surface area contributed by atoms with Crippen LogP contribution in [0.4, 0.5) is 5.69 Å². The molecule has 0 aliphatic heterocycles. The van der Waals surface area contributed by atoms with Crippen molar-refractivity contribution >= 4 is 43.5 Å². The number of benzene rings is 3. The molecule has 0 aliphatic carbocycles. The van der Waals surface area contributed by atoms with Crippen LogP contribution in [-0.4, -0.2) is 58.5 Å². The van der Waals surface area contributed by atoms with Gasteiger partial charge in [0, 0.05) is 13.1 Å². The molecule has 0 fully saturated rings. The van der Waals surface area contributed by atoms with Crippen LogP contribution in [0, 0.1) is 12.8 Å². The molecule has 11 heteroatoms. The Labute approximate surface area is 263 Å². The molecule has 3 rings (SSSR count). The fourth-order valence-electron chi connectivity index (χ4n) is 4.44. The quantitative estimate of drug-likeness (QED) is 0.241. The number of hydrogen-bond donors (Lipinski definition) is 1. The van der Waals surface area contributed by atoms with Crippen molar-refractivity contribution in [1.29, 1.82) is 0 Å². The molecule has 3 aromatic carbocycles. The Morgan fingerprint density at radius 3 is 2.14 bits per heavy atom. The Hall–Kier alpha value is -3.57. The standard InChI is InChI=1S/C32H40BrN3O6S/c1-7-29(32(38)34-19-22(2)3)35(20-24-10-14-26(41-5)15-11-24)31(37)21-36(25-12-8-23(4)9-13-25)43(39,40)27-16-17-30(42-6)28(33)18-27/h8-18,22,29H,7,19-21H2,1-6H3,(H,34,38). The monoisotopic (exact) mass is 673 g/mol. The Bertz CT molecular complexity index is 1490. The number of carbonyl (C=O) groups is 2. The summed E-state index contributed by atoms with van der Waals surface area (Å²) < 4.78 is 40.3. The van der Waals surface area contributed by atoms with Gasteiger partial charge < -0.3 is 19.7 Å². The zero-order valence-electron chi connectivity index (χ0n) is 25.5. The van der Waals surface area contributed by atoms with Crippen LogP contribution in [0.5, 0.6) is 11.5 Å². The van der Waals surface area contributed by atoms with Gasteiger partial charge >= 0.3 is 0 Å². The van der Waals surface area contributed by atoms with E-state index in [-0.39, 0.29) is 23.3 Å². The largest absolute Gasteiger partial charge is 0.497 e. The van der Waals surface area contributed by atoms with Gasteiger partial charge in [0.15, 0.2) is 0 Å². The smallest absolute Gasteiger partial charge is 0.264 e. The van der Waals surface area contributed by atoms with Crippen molar-refractivity contribution in [2.45, 2.75) is 51.6 Å². The van der Waals surface area contributed by atoms with E-state index in [0.29, 0.717) is 34.6 Å². The van der Waals surface area contributed by atoms with Crippen molar-refractivity contribution in [3.05, 3.63) is 82.3 Å². The molecule has 2 amide bonds. The number of amides is 2. The first kappa shape index (κ1) is 33.9. The molecule has 1 atom stereocenters. The zero-order valence-corrected chi connectivity index (χ0v) is 27.9. The molecule has 0 aromatic heterocycles. The molecule has 232 valence electrons. The van der Waals surface area contributed by atoms with Gasteiger partial charge in [-0.05, 0) is 83.2 Å². The SMILES string of the molecule is CCC(C(=O)NCC(C)C)N(Cc1ccc(OC)cc1)C(=O)CN(c1ccc(C)cc1)S(=O)(=O)c1ccc(OC)c(Br)c1. The average molecular weight is 675 g/mol. The van der Waals surface area contributed by atoms with Crippen molar-refractivity contribution in [2.24, 2.45) is 5.92 Å². The van der Waals surface area contributed by atoms with E-state index in [2.05, 4.69) is 21.2 Å². The van der Waals surface area contributed by atoms with Crippen LogP contribution in [0.3, 0.4) is 0 Å². The summed E-state index contributed by atoms with van der Waals surface area (Å²) >= 11 is 3.37. The number of carbonyl (C=O) groups excluding carboxylic acids is 2. The predicted molar refractivity (Wildman–Crippen MR) is 172 cm³/mol. The first-order valence-electron chi connectivity index (χ1n) is 14.0. The molecule has 0 spiro atoms. The molecule has 1 N–H and O–H groups in total. The number of aryl methyl sites for hydroxylation is 1. The van der Waals surface area contributed by atoms with Gasteiger partial charge in [-0.3, -0.25) is 13.9 Å². The number of rotatable bonds is 14. The number of hydrogen-bond acceptors (Lipinski definition) is 6. The lowest BCUT2D eigenvalue weighted by Crippen LogP contribution is -2.52. The van der Waals surface area contributed by atoms with Gasteiger partial charge in [0.25, 0.3) is 10.0 Å². The Balaban J connectivity index is 2.06. The summed E-state index contributed by atoms with van der Waals surface area (Å²) in [5.41, 5.74) is 2.04. The fourth-order valence-corrected chi connectivity index (χ4v) is 6.58. The maximum absolute atomic E-state index is 14.2. The summed E-state index contributed by atoms with van der Waals surface area (Å²) in [6.07, 6.45) is 0.342. The summed E-state index contributed by atoms with van der Waals surface area (Å²) in [5.74, 6) is 0.547. The molecular weight excluding hydrogens is 634 g/mol. The second-order valence-corrected chi connectivity index (χ2v) is 13.3. The summed E-state index contributed by atoms with van der Waals surface area (Å²) in [6.45, 7) is 7.75. The molecule has 0 radical (unpaired) electrons. The minimum Gasteiger partial charge on any atom is -0.497 e. The third-order valence-corrected chi connectivity index (χ3v) is 9.28. The highest BCUT2D eigenvalue weighted by Crippen LogP contribution is 2.31. The minimum atomic E-state index is -4.22. The summed E-state index contributed by atoms with van der Waals surface area (Å²) in [4.78, 5) is 29.0. The topological polar surface area (TPSA) is 105 Å². The first-order valence-corrected chi connectivity index (χ1v) is 16.3. The highest BCUT2D eigenvalue weighted by atomic mass is 79.9. The normalized spacial score (nSPS) is 12.0. The van der Waals surface area contributed by atoms with Crippen LogP contribution in [0.1, 0.15) is 38.3 Å². The van der Waals surface area contributed by atoms with E-state index < -0.39 is 28.5 Å².